The van der Waals surface area contributed by atoms with Crippen LogP contribution in [0.3, 0.4) is 0 Å². The zero-order chi connectivity index (χ0) is 13.0. The number of aliphatic hydroxyl groups is 1. The molecule has 1 rings (SSSR count). The molecule has 4 N–H and O–H groups in total. The van der Waals surface area contributed by atoms with Gasteiger partial charge in [-0.25, -0.2) is 4.98 Å². The molecule has 1 aromatic rings. The Hall–Kier alpha value is -1.93. The van der Waals surface area contributed by atoms with E-state index < -0.39 is 16.9 Å². The number of rotatable bonds is 5. The summed E-state index contributed by atoms with van der Waals surface area (Å²) in [7, 11) is 0. The van der Waals surface area contributed by atoms with Crippen molar-refractivity contribution in [3.63, 3.8) is 0 Å². The van der Waals surface area contributed by atoms with Crippen LogP contribution in [0.1, 0.15) is 0 Å². The number of anilines is 1. The van der Waals surface area contributed by atoms with Crippen molar-refractivity contribution >= 4 is 29.0 Å². The van der Waals surface area contributed by atoms with E-state index in [9.17, 15) is 14.9 Å². The SMILES string of the molecule is NC(=O)C(O)CNc1nc(Cl)ccc1[N+](=O)[O-]. The van der Waals surface area contributed by atoms with Gasteiger partial charge in [-0.3, -0.25) is 14.9 Å². The maximum Gasteiger partial charge on any atom is 0.311 e. The number of halogens is 1. The van der Waals surface area contributed by atoms with Crippen molar-refractivity contribution in [3.05, 3.63) is 27.4 Å². The third kappa shape index (κ3) is 3.54. The van der Waals surface area contributed by atoms with Crippen LogP contribution in [-0.2, 0) is 4.79 Å². The van der Waals surface area contributed by atoms with Gasteiger partial charge in [-0.2, -0.15) is 0 Å². The Kier molecular flexibility index (Phi) is 4.18. The molecule has 1 heterocycles. The van der Waals surface area contributed by atoms with Crippen molar-refractivity contribution in [3.8, 4) is 0 Å². The molecule has 1 unspecified atom stereocenters. The molecule has 0 radical (unpaired) electrons. The number of nitrogens with two attached hydrogens (primary N) is 1. The summed E-state index contributed by atoms with van der Waals surface area (Å²) in [5, 5.41) is 22.2. The van der Waals surface area contributed by atoms with Gasteiger partial charge in [0, 0.05) is 6.07 Å². The lowest BCUT2D eigenvalue weighted by atomic mass is 10.3. The monoisotopic (exact) mass is 260 g/mol. The first-order valence-electron chi connectivity index (χ1n) is 4.44. The number of amides is 1. The fourth-order valence-electron chi connectivity index (χ4n) is 0.999. The van der Waals surface area contributed by atoms with Crippen LogP contribution in [-0.4, -0.2) is 33.6 Å². The van der Waals surface area contributed by atoms with Crippen LogP contribution in [0, 0.1) is 10.1 Å². The minimum Gasteiger partial charge on any atom is -0.381 e. The molecule has 9 heteroatoms. The zero-order valence-corrected chi connectivity index (χ0v) is 9.22. The molecule has 1 aromatic heterocycles. The number of nitro groups is 1. The standard InChI is InChI=1S/C8H9ClN4O4/c9-6-2-1-4(13(16)17)8(12-6)11-3-5(14)7(10)15/h1-2,5,14H,3H2,(H2,10,15)(H,11,12). The maximum absolute atomic E-state index is 10.6. The van der Waals surface area contributed by atoms with Crippen LogP contribution in [0.15, 0.2) is 12.1 Å². The molecule has 0 bridgehead atoms. The van der Waals surface area contributed by atoms with E-state index >= 15 is 0 Å². The minimum atomic E-state index is -1.46. The number of primary amides is 1. The van der Waals surface area contributed by atoms with Gasteiger partial charge in [-0.1, -0.05) is 11.6 Å². The van der Waals surface area contributed by atoms with Crippen molar-refractivity contribution in [2.24, 2.45) is 5.73 Å². The summed E-state index contributed by atoms with van der Waals surface area (Å²) in [6, 6.07) is 2.42. The molecule has 0 saturated heterocycles. The molecule has 0 aliphatic carbocycles. The van der Waals surface area contributed by atoms with Crippen molar-refractivity contribution in [2.45, 2.75) is 6.10 Å². The Morgan fingerprint density at radius 1 is 1.71 bits per heavy atom. The Morgan fingerprint density at radius 3 is 2.88 bits per heavy atom. The fraction of sp³-hybridized carbons (Fsp3) is 0.250. The molecular formula is C8H9ClN4O4. The highest BCUT2D eigenvalue weighted by atomic mass is 35.5. The lowest BCUT2D eigenvalue weighted by Crippen LogP contribution is -2.34. The van der Waals surface area contributed by atoms with Gasteiger partial charge in [-0.05, 0) is 6.07 Å². The fourth-order valence-corrected chi connectivity index (χ4v) is 1.15. The number of aliphatic hydroxyl groups excluding tert-OH is 1. The molecule has 92 valence electrons. The number of hydrogen-bond acceptors (Lipinski definition) is 6. The van der Waals surface area contributed by atoms with Gasteiger partial charge in [0.15, 0.2) is 0 Å². The van der Waals surface area contributed by atoms with Gasteiger partial charge in [0.2, 0.25) is 11.7 Å². The van der Waals surface area contributed by atoms with Crippen LogP contribution in [0.25, 0.3) is 0 Å². The number of nitrogens with zero attached hydrogens (tertiary/aromatic N) is 2. The Labute approximate surface area is 101 Å². The predicted molar refractivity (Wildman–Crippen MR) is 59.6 cm³/mol. The van der Waals surface area contributed by atoms with Gasteiger partial charge in [0.1, 0.15) is 11.3 Å². The lowest BCUT2D eigenvalue weighted by Gasteiger charge is -2.09. The lowest BCUT2D eigenvalue weighted by molar-refractivity contribution is -0.384. The molecule has 0 saturated carbocycles. The number of carbonyl (C=O) groups excluding carboxylic acids is 1. The van der Waals surface area contributed by atoms with Crippen LogP contribution < -0.4 is 11.1 Å². The summed E-state index contributed by atoms with van der Waals surface area (Å²) in [5.74, 6) is -1.08. The zero-order valence-electron chi connectivity index (χ0n) is 8.46. The van der Waals surface area contributed by atoms with Crippen LogP contribution in [0.4, 0.5) is 11.5 Å². The second-order valence-electron chi connectivity index (χ2n) is 3.06. The molecular weight excluding hydrogens is 252 g/mol. The normalized spacial score (nSPS) is 11.9. The minimum absolute atomic E-state index is 0.0478. The van der Waals surface area contributed by atoms with Gasteiger partial charge in [0.25, 0.3) is 0 Å². The van der Waals surface area contributed by atoms with E-state index in [-0.39, 0.29) is 23.2 Å². The molecule has 0 aliphatic rings. The predicted octanol–water partition coefficient (Wildman–Crippen LogP) is -0.0987. The molecule has 0 spiro atoms. The summed E-state index contributed by atoms with van der Waals surface area (Å²) < 4.78 is 0. The summed E-state index contributed by atoms with van der Waals surface area (Å²) >= 11 is 5.57. The summed E-state index contributed by atoms with van der Waals surface area (Å²) in [5.41, 5.74) is 4.50. The summed E-state index contributed by atoms with van der Waals surface area (Å²) in [6.07, 6.45) is -1.46. The van der Waals surface area contributed by atoms with E-state index in [2.05, 4.69) is 10.3 Å². The molecule has 1 amide bonds. The first-order valence-corrected chi connectivity index (χ1v) is 4.82. The quantitative estimate of drug-likeness (QED) is 0.385. The Balaban J connectivity index is 2.85. The third-order valence-electron chi connectivity index (χ3n) is 1.83. The van der Waals surface area contributed by atoms with Crippen molar-refractivity contribution < 1.29 is 14.8 Å². The highest BCUT2D eigenvalue weighted by Crippen LogP contribution is 2.23. The largest absolute Gasteiger partial charge is 0.381 e. The number of aromatic nitrogens is 1. The second kappa shape index (κ2) is 5.41. The van der Waals surface area contributed by atoms with Gasteiger partial charge < -0.3 is 16.2 Å². The molecule has 0 fully saturated rings. The third-order valence-corrected chi connectivity index (χ3v) is 2.04. The Morgan fingerprint density at radius 2 is 2.35 bits per heavy atom. The van der Waals surface area contributed by atoms with E-state index in [0.29, 0.717) is 0 Å². The van der Waals surface area contributed by atoms with Gasteiger partial charge in [0.05, 0.1) is 11.5 Å². The number of nitrogens with one attached hydrogen (secondary N) is 1. The summed E-state index contributed by atoms with van der Waals surface area (Å²) in [4.78, 5) is 24.2. The topological polar surface area (TPSA) is 131 Å². The van der Waals surface area contributed by atoms with Crippen molar-refractivity contribution in [2.75, 3.05) is 11.9 Å². The number of carbonyl (C=O) groups is 1. The molecule has 17 heavy (non-hydrogen) atoms. The van der Waals surface area contributed by atoms with Crippen LogP contribution >= 0.6 is 11.6 Å². The van der Waals surface area contributed by atoms with Gasteiger partial charge in [-0.15, -0.1) is 0 Å². The van der Waals surface area contributed by atoms with Crippen molar-refractivity contribution in [1.82, 2.24) is 4.98 Å². The van der Waals surface area contributed by atoms with E-state index in [1.165, 1.54) is 6.07 Å². The first-order chi connectivity index (χ1) is 7.91. The maximum atomic E-state index is 10.6. The number of hydrogen-bond donors (Lipinski definition) is 3. The van der Waals surface area contributed by atoms with Crippen LogP contribution in [0.5, 0.6) is 0 Å². The highest BCUT2D eigenvalue weighted by molar-refractivity contribution is 6.29. The van der Waals surface area contributed by atoms with Crippen LogP contribution in [0.2, 0.25) is 5.15 Å². The first kappa shape index (κ1) is 13.1. The molecule has 1 atom stereocenters. The Bertz CT molecular complexity index is 453. The van der Waals surface area contributed by atoms with Gasteiger partial charge >= 0.3 is 5.69 Å². The number of pyridine rings is 1. The van der Waals surface area contributed by atoms with E-state index in [4.69, 9.17) is 22.4 Å². The smallest absolute Gasteiger partial charge is 0.311 e. The van der Waals surface area contributed by atoms with E-state index in [1.54, 1.807) is 0 Å². The molecule has 0 aromatic carbocycles. The molecule has 0 aliphatic heterocycles. The van der Waals surface area contributed by atoms with E-state index in [1.807, 2.05) is 0 Å². The summed E-state index contributed by atoms with van der Waals surface area (Å²) in [6.45, 7) is -0.288. The average Bonchev–Trinajstić information content (AvgIpc) is 2.25. The van der Waals surface area contributed by atoms with E-state index in [0.717, 1.165) is 6.07 Å². The van der Waals surface area contributed by atoms with Crippen molar-refractivity contribution in [1.29, 1.82) is 0 Å². The highest BCUT2D eigenvalue weighted by Gasteiger charge is 2.18. The second-order valence-corrected chi connectivity index (χ2v) is 3.45. The average molecular weight is 261 g/mol. The molecule has 8 nitrogen and oxygen atoms in total.